The van der Waals surface area contributed by atoms with E-state index in [-0.39, 0.29) is 11.6 Å². The molecule has 2 nitrogen and oxygen atoms in total. The second kappa shape index (κ2) is 6.03. The molecule has 6 heteroatoms. The first-order chi connectivity index (χ1) is 9.77. The van der Waals surface area contributed by atoms with Crippen LogP contribution in [0, 0.1) is 11.7 Å². The Bertz CT molecular complexity index is 527. The monoisotopic (exact) mass is 303 g/mol. The van der Waals surface area contributed by atoms with Crippen LogP contribution in [0.4, 0.5) is 17.6 Å². The zero-order valence-corrected chi connectivity index (χ0v) is 11.6. The highest BCUT2D eigenvalue weighted by Gasteiger charge is 2.34. The van der Waals surface area contributed by atoms with Crippen LogP contribution in [0.2, 0.25) is 0 Å². The molecule has 1 aromatic rings. The number of carbonyl (C=O) groups excluding carboxylic acids is 1. The van der Waals surface area contributed by atoms with Crippen LogP contribution >= 0.6 is 0 Å². The van der Waals surface area contributed by atoms with Crippen LogP contribution in [0.15, 0.2) is 18.2 Å². The lowest BCUT2D eigenvalue weighted by molar-refractivity contribution is -0.140. The number of hydrogen-bond acceptors (Lipinski definition) is 1. The van der Waals surface area contributed by atoms with Crippen molar-refractivity contribution in [3.8, 4) is 0 Å². The van der Waals surface area contributed by atoms with Crippen molar-refractivity contribution in [2.24, 2.45) is 5.92 Å². The van der Waals surface area contributed by atoms with Crippen LogP contribution in [0.1, 0.15) is 48.5 Å². The summed E-state index contributed by atoms with van der Waals surface area (Å²) in [5.74, 6) is -1.46. The molecule has 0 heterocycles. The Morgan fingerprint density at radius 1 is 1.29 bits per heavy atom. The van der Waals surface area contributed by atoms with Gasteiger partial charge in [-0.05, 0) is 37.0 Å². The van der Waals surface area contributed by atoms with Gasteiger partial charge in [-0.25, -0.2) is 4.39 Å². The molecule has 0 aliphatic heterocycles. The number of hydrogen-bond donors (Lipinski definition) is 1. The zero-order valence-electron chi connectivity index (χ0n) is 11.6. The maximum Gasteiger partial charge on any atom is 0.419 e. The molecule has 2 unspecified atom stereocenters. The molecule has 1 fully saturated rings. The minimum absolute atomic E-state index is 0.0272. The van der Waals surface area contributed by atoms with Crippen molar-refractivity contribution in [2.75, 3.05) is 0 Å². The Morgan fingerprint density at radius 2 is 2.00 bits per heavy atom. The quantitative estimate of drug-likeness (QED) is 0.817. The molecule has 0 bridgehead atoms. The van der Waals surface area contributed by atoms with E-state index in [0.717, 1.165) is 31.7 Å². The van der Waals surface area contributed by atoms with Gasteiger partial charge >= 0.3 is 6.18 Å². The molecule has 1 aromatic carbocycles. The van der Waals surface area contributed by atoms with Gasteiger partial charge in [0.15, 0.2) is 0 Å². The molecule has 1 amide bonds. The van der Waals surface area contributed by atoms with Gasteiger partial charge in [-0.2, -0.15) is 13.2 Å². The zero-order chi connectivity index (χ0) is 15.6. The standard InChI is InChI=1S/C15H17F4NO/c1-9-3-2-4-11(7-9)20-14(21)10-5-6-13(16)12(8-10)15(17,18)19/h5-6,8-9,11H,2-4,7H2,1H3,(H,20,21). The average molecular weight is 303 g/mol. The molecule has 2 atom stereocenters. The molecule has 21 heavy (non-hydrogen) atoms. The largest absolute Gasteiger partial charge is 0.419 e. The molecule has 1 N–H and O–H groups in total. The molecule has 2 rings (SSSR count). The maximum absolute atomic E-state index is 13.2. The number of amides is 1. The Balaban J connectivity index is 2.12. The first kappa shape index (κ1) is 15.8. The van der Waals surface area contributed by atoms with E-state index in [1.165, 1.54) is 0 Å². The van der Waals surface area contributed by atoms with Crippen molar-refractivity contribution in [2.45, 2.75) is 44.8 Å². The molecule has 0 radical (unpaired) electrons. The summed E-state index contributed by atoms with van der Waals surface area (Å²) >= 11 is 0. The number of benzene rings is 1. The number of rotatable bonds is 2. The lowest BCUT2D eigenvalue weighted by Crippen LogP contribution is -2.38. The molecule has 0 spiro atoms. The van der Waals surface area contributed by atoms with Gasteiger partial charge in [-0.15, -0.1) is 0 Å². The number of nitrogens with one attached hydrogen (secondary N) is 1. The summed E-state index contributed by atoms with van der Waals surface area (Å²) < 4.78 is 51.1. The van der Waals surface area contributed by atoms with Gasteiger partial charge < -0.3 is 5.32 Å². The molecule has 116 valence electrons. The van der Waals surface area contributed by atoms with Crippen LogP contribution in [-0.2, 0) is 6.18 Å². The van der Waals surface area contributed by atoms with Crippen LogP contribution in [0.25, 0.3) is 0 Å². The van der Waals surface area contributed by atoms with Crippen LogP contribution in [0.5, 0.6) is 0 Å². The predicted octanol–water partition coefficient (Wildman–Crippen LogP) is 4.15. The third kappa shape index (κ3) is 3.95. The van der Waals surface area contributed by atoms with E-state index in [0.29, 0.717) is 18.1 Å². The Morgan fingerprint density at radius 3 is 2.62 bits per heavy atom. The smallest absolute Gasteiger partial charge is 0.349 e. The average Bonchev–Trinajstić information content (AvgIpc) is 2.37. The maximum atomic E-state index is 13.2. The minimum atomic E-state index is -4.81. The summed E-state index contributed by atoms with van der Waals surface area (Å²) in [6.07, 6.45) is -1.08. The van der Waals surface area contributed by atoms with Crippen molar-refractivity contribution in [1.29, 1.82) is 0 Å². The van der Waals surface area contributed by atoms with E-state index in [4.69, 9.17) is 0 Å². The van der Waals surface area contributed by atoms with E-state index in [1.54, 1.807) is 0 Å². The van der Waals surface area contributed by atoms with E-state index < -0.39 is 23.5 Å². The SMILES string of the molecule is CC1CCCC(NC(=O)c2ccc(F)c(C(F)(F)F)c2)C1. The molecule has 0 saturated heterocycles. The first-order valence-electron chi connectivity index (χ1n) is 6.95. The van der Waals surface area contributed by atoms with Crippen molar-refractivity contribution >= 4 is 5.91 Å². The van der Waals surface area contributed by atoms with Crippen molar-refractivity contribution in [3.63, 3.8) is 0 Å². The summed E-state index contributed by atoms with van der Waals surface area (Å²) in [4.78, 5) is 12.0. The Kier molecular flexibility index (Phi) is 4.54. The predicted molar refractivity (Wildman–Crippen MR) is 70.3 cm³/mol. The highest BCUT2D eigenvalue weighted by molar-refractivity contribution is 5.94. The lowest BCUT2D eigenvalue weighted by atomic mass is 9.87. The Labute approximate surface area is 120 Å². The van der Waals surface area contributed by atoms with Crippen molar-refractivity contribution < 1.29 is 22.4 Å². The normalized spacial score (nSPS) is 22.9. The van der Waals surface area contributed by atoms with Gasteiger partial charge in [0.05, 0.1) is 5.56 Å². The van der Waals surface area contributed by atoms with Gasteiger partial charge in [0.2, 0.25) is 0 Å². The first-order valence-corrected chi connectivity index (χ1v) is 6.95. The summed E-state index contributed by atoms with van der Waals surface area (Å²) in [5, 5.41) is 2.73. The Hall–Kier alpha value is -1.59. The van der Waals surface area contributed by atoms with Crippen molar-refractivity contribution in [3.05, 3.63) is 35.1 Å². The number of alkyl halides is 3. The van der Waals surface area contributed by atoms with Crippen LogP contribution in [-0.4, -0.2) is 11.9 Å². The highest BCUT2D eigenvalue weighted by atomic mass is 19.4. The fourth-order valence-corrected chi connectivity index (χ4v) is 2.72. The topological polar surface area (TPSA) is 29.1 Å². The van der Waals surface area contributed by atoms with E-state index in [2.05, 4.69) is 12.2 Å². The second-order valence-electron chi connectivity index (χ2n) is 5.63. The van der Waals surface area contributed by atoms with E-state index in [9.17, 15) is 22.4 Å². The molecule has 1 aliphatic carbocycles. The molecule has 1 aliphatic rings. The van der Waals surface area contributed by atoms with E-state index >= 15 is 0 Å². The fraction of sp³-hybridized carbons (Fsp3) is 0.533. The van der Waals surface area contributed by atoms with Gasteiger partial charge in [-0.1, -0.05) is 19.8 Å². The number of halogens is 4. The molecule has 1 saturated carbocycles. The number of carbonyl (C=O) groups is 1. The lowest BCUT2D eigenvalue weighted by Gasteiger charge is -2.27. The van der Waals surface area contributed by atoms with Gasteiger partial charge in [-0.3, -0.25) is 4.79 Å². The molecule has 0 aromatic heterocycles. The second-order valence-corrected chi connectivity index (χ2v) is 5.63. The summed E-state index contributed by atoms with van der Waals surface area (Å²) in [7, 11) is 0. The van der Waals surface area contributed by atoms with Crippen molar-refractivity contribution in [1.82, 2.24) is 5.32 Å². The fourth-order valence-electron chi connectivity index (χ4n) is 2.72. The third-order valence-electron chi connectivity index (χ3n) is 3.81. The third-order valence-corrected chi connectivity index (χ3v) is 3.81. The molecular formula is C15H17F4NO. The summed E-state index contributed by atoms with van der Waals surface area (Å²) in [5.41, 5.74) is -1.57. The van der Waals surface area contributed by atoms with Gasteiger partial charge in [0.25, 0.3) is 5.91 Å². The minimum Gasteiger partial charge on any atom is -0.349 e. The van der Waals surface area contributed by atoms with Crippen LogP contribution < -0.4 is 5.32 Å². The van der Waals surface area contributed by atoms with Crippen LogP contribution in [0.3, 0.4) is 0 Å². The highest BCUT2D eigenvalue weighted by Crippen LogP contribution is 2.32. The van der Waals surface area contributed by atoms with E-state index in [1.807, 2.05) is 0 Å². The summed E-state index contributed by atoms with van der Waals surface area (Å²) in [6.45, 7) is 2.08. The molecular weight excluding hydrogens is 286 g/mol. The summed E-state index contributed by atoms with van der Waals surface area (Å²) in [6, 6.07) is 2.30. The van der Waals surface area contributed by atoms with Gasteiger partial charge in [0.1, 0.15) is 5.82 Å². The van der Waals surface area contributed by atoms with Gasteiger partial charge in [0, 0.05) is 11.6 Å².